The number of rotatable bonds is 7. The van der Waals surface area contributed by atoms with Crippen molar-refractivity contribution in [3.05, 3.63) is 51.7 Å². The van der Waals surface area contributed by atoms with Gasteiger partial charge >= 0.3 is 0 Å². The first-order valence-corrected chi connectivity index (χ1v) is 8.53. The van der Waals surface area contributed by atoms with Crippen LogP contribution in [-0.2, 0) is 13.1 Å². The summed E-state index contributed by atoms with van der Waals surface area (Å²) in [6.07, 6.45) is 0. The van der Waals surface area contributed by atoms with Gasteiger partial charge in [0.25, 0.3) is 0 Å². The van der Waals surface area contributed by atoms with Gasteiger partial charge in [-0.05, 0) is 65.0 Å². The summed E-state index contributed by atoms with van der Waals surface area (Å²) < 4.78 is 0. The van der Waals surface area contributed by atoms with Gasteiger partial charge in [0.05, 0.1) is 0 Å². The average molecular weight is 302 g/mol. The zero-order valence-corrected chi connectivity index (χ0v) is 14.3. The lowest BCUT2D eigenvalue weighted by Crippen LogP contribution is -2.20. The highest BCUT2D eigenvalue weighted by molar-refractivity contribution is 7.07. The van der Waals surface area contributed by atoms with Crippen LogP contribution in [0.4, 0.5) is 5.69 Å². The summed E-state index contributed by atoms with van der Waals surface area (Å²) in [6.45, 7) is 9.67. The molecule has 21 heavy (non-hydrogen) atoms. The highest BCUT2D eigenvalue weighted by Gasteiger charge is 2.06. The second kappa shape index (κ2) is 7.62. The van der Waals surface area contributed by atoms with Gasteiger partial charge in [0.1, 0.15) is 0 Å². The number of thiophene rings is 1. The summed E-state index contributed by atoms with van der Waals surface area (Å²) in [5, 5.41) is 7.87. The van der Waals surface area contributed by atoms with Crippen molar-refractivity contribution in [2.45, 2.75) is 33.9 Å². The lowest BCUT2D eigenvalue weighted by Gasteiger charge is -2.20. The summed E-state index contributed by atoms with van der Waals surface area (Å²) in [6, 6.07) is 8.96. The number of nitrogens with one attached hydrogen (secondary N) is 1. The van der Waals surface area contributed by atoms with Gasteiger partial charge in [0.2, 0.25) is 0 Å². The molecule has 1 aromatic carbocycles. The summed E-state index contributed by atoms with van der Waals surface area (Å²) >= 11 is 1.76. The van der Waals surface area contributed by atoms with Crippen LogP contribution in [0.3, 0.4) is 0 Å². The van der Waals surface area contributed by atoms with Crippen molar-refractivity contribution in [1.29, 1.82) is 0 Å². The number of anilines is 1. The van der Waals surface area contributed by atoms with Gasteiger partial charge < -0.3 is 10.2 Å². The number of nitrogens with zero attached hydrogens (tertiary/aromatic N) is 1. The van der Waals surface area contributed by atoms with E-state index in [0.717, 1.165) is 19.6 Å². The SMILES string of the molecule is Cc1cc(N(C)Cc2ccsc2)ccc1CNCC(C)C. The van der Waals surface area contributed by atoms with Crippen LogP contribution in [0.1, 0.15) is 30.5 Å². The van der Waals surface area contributed by atoms with Gasteiger partial charge in [-0.3, -0.25) is 0 Å². The maximum absolute atomic E-state index is 3.51. The Balaban J connectivity index is 1.97. The fraction of sp³-hybridized carbons (Fsp3) is 0.444. The van der Waals surface area contributed by atoms with Crippen LogP contribution in [0.5, 0.6) is 0 Å². The Morgan fingerprint density at radius 3 is 2.67 bits per heavy atom. The molecule has 0 fully saturated rings. The fourth-order valence-electron chi connectivity index (χ4n) is 2.36. The van der Waals surface area contributed by atoms with Crippen LogP contribution in [-0.4, -0.2) is 13.6 Å². The Morgan fingerprint density at radius 2 is 2.05 bits per heavy atom. The zero-order chi connectivity index (χ0) is 15.2. The van der Waals surface area contributed by atoms with Crippen LogP contribution < -0.4 is 10.2 Å². The quantitative estimate of drug-likeness (QED) is 0.813. The van der Waals surface area contributed by atoms with E-state index in [1.807, 2.05) is 0 Å². The molecule has 0 aliphatic rings. The number of hydrogen-bond donors (Lipinski definition) is 1. The van der Waals surface area contributed by atoms with Crippen LogP contribution in [0.15, 0.2) is 35.0 Å². The van der Waals surface area contributed by atoms with E-state index in [1.54, 1.807) is 11.3 Å². The highest BCUT2D eigenvalue weighted by Crippen LogP contribution is 2.20. The van der Waals surface area contributed by atoms with Gasteiger partial charge in [0, 0.05) is 25.8 Å². The molecule has 2 rings (SSSR count). The van der Waals surface area contributed by atoms with Gasteiger partial charge in [-0.15, -0.1) is 0 Å². The Labute approximate surface area is 132 Å². The van der Waals surface area contributed by atoms with E-state index in [4.69, 9.17) is 0 Å². The van der Waals surface area contributed by atoms with E-state index in [1.165, 1.54) is 22.4 Å². The molecular weight excluding hydrogens is 276 g/mol. The Bertz CT molecular complexity index is 546. The minimum atomic E-state index is 0.696. The largest absolute Gasteiger partial charge is 0.370 e. The van der Waals surface area contributed by atoms with Crippen molar-refractivity contribution in [2.24, 2.45) is 5.92 Å². The van der Waals surface area contributed by atoms with E-state index in [2.05, 4.69) is 73.1 Å². The Morgan fingerprint density at radius 1 is 1.24 bits per heavy atom. The average Bonchev–Trinajstić information content (AvgIpc) is 2.93. The second-order valence-electron chi connectivity index (χ2n) is 6.12. The maximum atomic E-state index is 3.51. The molecule has 0 spiro atoms. The fourth-order valence-corrected chi connectivity index (χ4v) is 3.02. The lowest BCUT2D eigenvalue weighted by atomic mass is 10.1. The molecule has 0 atom stereocenters. The van der Waals surface area contributed by atoms with E-state index in [-0.39, 0.29) is 0 Å². The third-order valence-electron chi connectivity index (χ3n) is 3.63. The van der Waals surface area contributed by atoms with E-state index >= 15 is 0 Å². The molecule has 0 aliphatic heterocycles. The lowest BCUT2D eigenvalue weighted by molar-refractivity contribution is 0.551. The van der Waals surface area contributed by atoms with Crippen LogP contribution in [0.25, 0.3) is 0 Å². The molecule has 2 nitrogen and oxygen atoms in total. The number of hydrogen-bond acceptors (Lipinski definition) is 3. The summed E-state index contributed by atoms with van der Waals surface area (Å²) in [7, 11) is 2.16. The molecule has 0 radical (unpaired) electrons. The predicted octanol–water partition coefficient (Wildman–Crippen LogP) is 4.44. The maximum Gasteiger partial charge on any atom is 0.0434 e. The molecule has 1 heterocycles. The van der Waals surface area contributed by atoms with Crippen molar-refractivity contribution >= 4 is 17.0 Å². The van der Waals surface area contributed by atoms with Gasteiger partial charge in [-0.1, -0.05) is 19.9 Å². The smallest absolute Gasteiger partial charge is 0.0434 e. The third-order valence-corrected chi connectivity index (χ3v) is 4.37. The number of aryl methyl sites for hydroxylation is 1. The first-order valence-electron chi connectivity index (χ1n) is 7.58. The summed E-state index contributed by atoms with van der Waals surface area (Å²) in [5.41, 5.74) is 5.42. The summed E-state index contributed by atoms with van der Waals surface area (Å²) in [4.78, 5) is 2.31. The van der Waals surface area contributed by atoms with Gasteiger partial charge in [-0.2, -0.15) is 11.3 Å². The molecule has 114 valence electrons. The molecule has 0 bridgehead atoms. The Kier molecular flexibility index (Phi) is 5.83. The monoisotopic (exact) mass is 302 g/mol. The first-order chi connectivity index (χ1) is 10.1. The minimum absolute atomic E-state index is 0.696. The predicted molar refractivity (Wildman–Crippen MR) is 94.1 cm³/mol. The van der Waals surface area contributed by atoms with Crippen LogP contribution >= 0.6 is 11.3 Å². The molecule has 2 aromatic rings. The van der Waals surface area contributed by atoms with Crippen molar-refractivity contribution in [1.82, 2.24) is 5.32 Å². The van der Waals surface area contributed by atoms with E-state index in [9.17, 15) is 0 Å². The molecule has 0 aliphatic carbocycles. The highest BCUT2D eigenvalue weighted by atomic mass is 32.1. The van der Waals surface area contributed by atoms with Crippen molar-refractivity contribution < 1.29 is 0 Å². The summed E-state index contributed by atoms with van der Waals surface area (Å²) in [5.74, 6) is 0.696. The standard InChI is InChI=1S/C18H26N2S/c1-14(2)10-19-11-17-5-6-18(9-15(17)3)20(4)12-16-7-8-21-13-16/h5-9,13-14,19H,10-12H2,1-4H3. The molecular formula is C18H26N2S. The Hall–Kier alpha value is -1.32. The first kappa shape index (κ1) is 16.1. The van der Waals surface area contributed by atoms with E-state index < -0.39 is 0 Å². The molecule has 0 saturated heterocycles. The van der Waals surface area contributed by atoms with Crippen LogP contribution in [0, 0.1) is 12.8 Å². The second-order valence-corrected chi connectivity index (χ2v) is 6.90. The minimum Gasteiger partial charge on any atom is -0.370 e. The molecule has 0 saturated carbocycles. The normalized spacial score (nSPS) is 11.1. The van der Waals surface area contributed by atoms with Crippen molar-refractivity contribution in [3.8, 4) is 0 Å². The molecule has 0 amide bonds. The topological polar surface area (TPSA) is 15.3 Å². The van der Waals surface area contributed by atoms with Gasteiger partial charge in [0.15, 0.2) is 0 Å². The third kappa shape index (κ3) is 4.87. The van der Waals surface area contributed by atoms with Crippen LogP contribution in [0.2, 0.25) is 0 Å². The van der Waals surface area contributed by atoms with Crippen molar-refractivity contribution in [2.75, 3.05) is 18.5 Å². The van der Waals surface area contributed by atoms with Crippen molar-refractivity contribution in [3.63, 3.8) is 0 Å². The van der Waals surface area contributed by atoms with Gasteiger partial charge in [-0.25, -0.2) is 0 Å². The zero-order valence-electron chi connectivity index (χ0n) is 13.5. The van der Waals surface area contributed by atoms with E-state index in [0.29, 0.717) is 5.92 Å². The molecule has 1 aromatic heterocycles. The molecule has 0 unspecified atom stereocenters. The molecule has 3 heteroatoms. The molecule has 1 N–H and O–H groups in total. The number of benzene rings is 1.